The lowest BCUT2D eigenvalue weighted by atomic mass is 9.95. The van der Waals surface area contributed by atoms with Crippen LogP contribution in [-0.2, 0) is 19.0 Å². The molecule has 1 rings (SSSR count). The van der Waals surface area contributed by atoms with E-state index in [0.29, 0.717) is 19.6 Å². The first kappa shape index (κ1) is 11.7. The third-order valence-corrected chi connectivity index (χ3v) is 2.77. The molecule has 14 heavy (non-hydrogen) atoms. The van der Waals surface area contributed by atoms with Crippen molar-refractivity contribution in [2.75, 3.05) is 19.5 Å². The van der Waals surface area contributed by atoms with Gasteiger partial charge in [-0.3, -0.25) is 4.18 Å². The van der Waals surface area contributed by atoms with Crippen LogP contribution in [0.1, 0.15) is 12.8 Å². The van der Waals surface area contributed by atoms with E-state index in [2.05, 4.69) is 6.58 Å². The maximum atomic E-state index is 11.0. The van der Waals surface area contributed by atoms with Crippen molar-refractivity contribution in [2.45, 2.75) is 18.9 Å². The van der Waals surface area contributed by atoms with Crippen molar-refractivity contribution in [1.29, 1.82) is 0 Å². The molecule has 1 aliphatic rings. The van der Waals surface area contributed by atoms with E-state index in [1.165, 1.54) is 0 Å². The van der Waals surface area contributed by atoms with Gasteiger partial charge in [-0.2, -0.15) is 8.42 Å². The molecular formula is C9H16O4S. The minimum absolute atomic E-state index is 0.107. The summed E-state index contributed by atoms with van der Waals surface area (Å²) in [6.07, 6.45) is 3.94. The Kier molecular flexibility index (Phi) is 4.10. The van der Waals surface area contributed by atoms with Crippen molar-refractivity contribution < 1.29 is 17.3 Å². The van der Waals surface area contributed by atoms with Crippen molar-refractivity contribution in [3.63, 3.8) is 0 Å². The molecule has 1 heterocycles. The fourth-order valence-corrected chi connectivity index (χ4v) is 2.26. The summed E-state index contributed by atoms with van der Waals surface area (Å²) in [5.41, 5.74) is 0. The van der Waals surface area contributed by atoms with E-state index >= 15 is 0 Å². The van der Waals surface area contributed by atoms with Crippen LogP contribution in [0.2, 0.25) is 0 Å². The molecule has 0 spiro atoms. The molecule has 2 atom stereocenters. The maximum absolute atomic E-state index is 11.0. The molecule has 82 valence electrons. The van der Waals surface area contributed by atoms with Crippen LogP contribution in [-0.4, -0.2) is 34.0 Å². The lowest BCUT2D eigenvalue weighted by molar-refractivity contribution is -0.0192. The molecule has 1 aliphatic heterocycles. The van der Waals surface area contributed by atoms with Crippen molar-refractivity contribution in [2.24, 2.45) is 5.92 Å². The van der Waals surface area contributed by atoms with Crippen LogP contribution in [0.25, 0.3) is 0 Å². The van der Waals surface area contributed by atoms with Crippen LogP contribution in [0.15, 0.2) is 12.7 Å². The Hall–Kier alpha value is -0.390. The highest BCUT2D eigenvalue weighted by molar-refractivity contribution is 7.86. The zero-order valence-electron chi connectivity index (χ0n) is 8.31. The third kappa shape index (κ3) is 3.77. The van der Waals surface area contributed by atoms with E-state index in [-0.39, 0.29) is 12.0 Å². The first-order valence-electron chi connectivity index (χ1n) is 4.60. The van der Waals surface area contributed by atoms with Crippen LogP contribution < -0.4 is 0 Å². The average molecular weight is 220 g/mol. The van der Waals surface area contributed by atoms with E-state index in [1.807, 2.05) is 0 Å². The SMILES string of the molecule is C=CCC1COCCC1OS(C)(=O)=O. The van der Waals surface area contributed by atoms with Crippen LogP contribution in [0.5, 0.6) is 0 Å². The minimum Gasteiger partial charge on any atom is -0.381 e. The Morgan fingerprint density at radius 1 is 1.64 bits per heavy atom. The lowest BCUT2D eigenvalue weighted by Gasteiger charge is -2.29. The highest BCUT2D eigenvalue weighted by atomic mass is 32.2. The molecule has 0 aromatic carbocycles. The van der Waals surface area contributed by atoms with Gasteiger partial charge in [0.25, 0.3) is 10.1 Å². The highest BCUT2D eigenvalue weighted by Crippen LogP contribution is 2.22. The van der Waals surface area contributed by atoms with Gasteiger partial charge in [-0.15, -0.1) is 6.58 Å². The summed E-state index contributed by atoms with van der Waals surface area (Å²) in [4.78, 5) is 0. The Labute approximate surface area is 85.0 Å². The summed E-state index contributed by atoms with van der Waals surface area (Å²) in [7, 11) is -3.36. The average Bonchev–Trinajstić information content (AvgIpc) is 2.06. The second kappa shape index (κ2) is 4.91. The smallest absolute Gasteiger partial charge is 0.264 e. The summed E-state index contributed by atoms with van der Waals surface area (Å²) < 4.78 is 32.2. The molecule has 5 heteroatoms. The zero-order valence-corrected chi connectivity index (χ0v) is 9.13. The zero-order chi connectivity index (χ0) is 10.6. The van der Waals surface area contributed by atoms with Gasteiger partial charge < -0.3 is 4.74 Å². The number of hydrogen-bond acceptors (Lipinski definition) is 4. The van der Waals surface area contributed by atoms with Gasteiger partial charge in [0.05, 0.1) is 19.0 Å². The minimum atomic E-state index is -3.36. The summed E-state index contributed by atoms with van der Waals surface area (Å²) in [6, 6.07) is 0. The molecule has 0 amide bonds. The Balaban J connectivity index is 2.58. The van der Waals surface area contributed by atoms with Gasteiger partial charge in [0.1, 0.15) is 0 Å². The van der Waals surface area contributed by atoms with Gasteiger partial charge in [0.15, 0.2) is 0 Å². The van der Waals surface area contributed by atoms with E-state index in [1.54, 1.807) is 6.08 Å². The van der Waals surface area contributed by atoms with E-state index in [4.69, 9.17) is 8.92 Å². The largest absolute Gasteiger partial charge is 0.381 e. The predicted octanol–water partition coefficient (Wildman–Crippen LogP) is 0.944. The van der Waals surface area contributed by atoms with Crippen molar-refractivity contribution in [3.8, 4) is 0 Å². The maximum Gasteiger partial charge on any atom is 0.264 e. The molecule has 2 unspecified atom stereocenters. The summed E-state index contributed by atoms with van der Waals surface area (Å²) in [6.45, 7) is 4.74. The molecule has 0 aromatic rings. The molecule has 1 fully saturated rings. The number of ether oxygens (including phenoxy) is 1. The van der Waals surface area contributed by atoms with Gasteiger partial charge >= 0.3 is 0 Å². The Morgan fingerprint density at radius 3 is 2.93 bits per heavy atom. The van der Waals surface area contributed by atoms with Gasteiger partial charge in [0.2, 0.25) is 0 Å². The van der Waals surface area contributed by atoms with Gasteiger partial charge in [-0.25, -0.2) is 0 Å². The second-order valence-electron chi connectivity index (χ2n) is 3.49. The molecule has 0 radical (unpaired) electrons. The fourth-order valence-electron chi connectivity index (χ4n) is 1.56. The first-order valence-corrected chi connectivity index (χ1v) is 6.41. The second-order valence-corrected chi connectivity index (χ2v) is 5.09. The third-order valence-electron chi connectivity index (χ3n) is 2.17. The predicted molar refractivity (Wildman–Crippen MR) is 53.5 cm³/mol. The fraction of sp³-hybridized carbons (Fsp3) is 0.778. The lowest BCUT2D eigenvalue weighted by Crippen LogP contribution is -2.35. The Morgan fingerprint density at radius 2 is 2.36 bits per heavy atom. The number of rotatable bonds is 4. The van der Waals surface area contributed by atoms with Crippen molar-refractivity contribution >= 4 is 10.1 Å². The number of hydrogen-bond donors (Lipinski definition) is 0. The number of allylic oxidation sites excluding steroid dienone is 1. The van der Waals surface area contributed by atoms with Crippen LogP contribution in [0.3, 0.4) is 0 Å². The standard InChI is InChI=1S/C9H16O4S/c1-3-4-8-7-12-6-5-9(8)13-14(2,10)11/h3,8-9H,1,4-7H2,2H3. The molecule has 0 saturated carbocycles. The van der Waals surface area contributed by atoms with Crippen LogP contribution >= 0.6 is 0 Å². The van der Waals surface area contributed by atoms with Crippen LogP contribution in [0, 0.1) is 5.92 Å². The monoisotopic (exact) mass is 220 g/mol. The normalized spacial score (nSPS) is 28.6. The summed E-state index contributed by atoms with van der Waals surface area (Å²) >= 11 is 0. The quantitative estimate of drug-likeness (QED) is 0.522. The van der Waals surface area contributed by atoms with Crippen molar-refractivity contribution in [1.82, 2.24) is 0 Å². The molecule has 0 N–H and O–H groups in total. The molecular weight excluding hydrogens is 204 g/mol. The van der Waals surface area contributed by atoms with Crippen molar-refractivity contribution in [3.05, 3.63) is 12.7 Å². The first-order chi connectivity index (χ1) is 6.53. The summed E-state index contributed by atoms with van der Waals surface area (Å²) in [5.74, 6) is 0.107. The topological polar surface area (TPSA) is 52.6 Å². The van der Waals surface area contributed by atoms with Gasteiger partial charge in [0, 0.05) is 12.5 Å². The van der Waals surface area contributed by atoms with E-state index in [9.17, 15) is 8.42 Å². The van der Waals surface area contributed by atoms with E-state index in [0.717, 1.165) is 12.7 Å². The van der Waals surface area contributed by atoms with Gasteiger partial charge in [-0.05, 0) is 12.8 Å². The molecule has 4 nitrogen and oxygen atoms in total. The molecule has 0 aliphatic carbocycles. The van der Waals surface area contributed by atoms with Gasteiger partial charge in [-0.1, -0.05) is 6.08 Å². The van der Waals surface area contributed by atoms with E-state index < -0.39 is 10.1 Å². The Bertz CT molecular complexity index is 283. The summed E-state index contributed by atoms with van der Waals surface area (Å²) in [5, 5.41) is 0. The van der Waals surface area contributed by atoms with Crippen LogP contribution in [0.4, 0.5) is 0 Å². The molecule has 1 saturated heterocycles. The molecule has 0 bridgehead atoms. The highest BCUT2D eigenvalue weighted by Gasteiger charge is 2.28. The molecule has 0 aromatic heterocycles.